The van der Waals surface area contributed by atoms with Crippen molar-refractivity contribution in [1.82, 2.24) is 0 Å². The van der Waals surface area contributed by atoms with E-state index in [1.165, 1.54) is 24.3 Å². The van der Waals surface area contributed by atoms with Crippen molar-refractivity contribution in [2.24, 2.45) is 0 Å². The van der Waals surface area contributed by atoms with Crippen LogP contribution in [0.4, 0.5) is 11.4 Å². The molecule has 3 rings (SSSR count). The smallest absolute Gasteiger partial charge is 0.345 e. The van der Waals surface area contributed by atoms with Gasteiger partial charge in [0.1, 0.15) is 11.4 Å². The minimum atomic E-state index is -0.914. The molecule has 0 spiro atoms. The topological polar surface area (TPSA) is 134 Å². The van der Waals surface area contributed by atoms with Gasteiger partial charge >= 0.3 is 5.97 Å². The molecule has 0 amide bonds. The molecule has 0 aliphatic carbocycles. The van der Waals surface area contributed by atoms with Gasteiger partial charge in [0.2, 0.25) is 0 Å². The van der Waals surface area contributed by atoms with Crippen LogP contribution in [0.3, 0.4) is 0 Å². The van der Waals surface area contributed by atoms with E-state index < -0.39 is 33.8 Å². The summed E-state index contributed by atoms with van der Waals surface area (Å²) in [5.41, 5.74) is -0.0765. The van der Waals surface area contributed by atoms with Crippen LogP contribution < -0.4 is 4.90 Å². The summed E-state index contributed by atoms with van der Waals surface area (Å²) in [6, 6.07) is 13.4. The van der Waals surface area contributed by atoms with Crippen LogP contribution >= 0.6 is 0 Å². The molecule has 0 saturated carbocycles. The van der Waals surface area contributed by atoms with Crippen molar-refractivity contribution in [2.45, 2.75) is 6.92 Å². The third-order valence-corrected chi connectivity index (χ3v) is 4.31. The van der Waals surface area contributed by atoms with Crippen molar-refractivity contribution in [3.05, 3.63) is 93.4 Å². The number of allylic oxidation sites excluding steroid dienone is 1. The zero-order valence-electron chi connectivity index (χ0n) is 15.9. The number of aliphatic hydroxyl groups is 1. The van der Waals surface area contributed by atoms with Crippen LogP contribution in [0.1, 0.15) is 17.3 Å². The Morgan fingerprint density at radius 2 is 1.80 bits per heavy atom. The Morgan fingerprint density at radius 1 is 1.17 bits per heavy atom. The molecule has 0 aromatic heterocycles. The molecule has 0 atom stereocenters. The van der Waals surface area contributed by atoms with Crippen LogP contribution in [0, 0.1) is 15.5 Å². The highest BCUT2D eigenvalue weighted by Crippen LogP contribution is 2.34. The van der Waals surface area contributed by atoms with Gasteiger partial charge in [-0.15, -0.1) is 0 Å². The number of hydrogen-bond acceptors (Lipinski definition) is 7. The molecule has 152 valence electrons. The molecule has 2 aromatic carbocycles. The second-order valence-electron chi connectivity index (χ2n) is 6.16. The fraction of sp³-hybridized carbons (Fsp3) is 0.0952. The van der Waals surface area contributed by atoms with Crippen LogP contribution in [-0.4, -0.2) is 34.2 Å². The Balaban J connectivity index is 2.10. The molecule has 9 nitrogen and oxygen atoms in total. The fourth-order valence-corrected chi connectivity index (χ4v) is 2.91. The number of hydrogen-bond donors (Lipinski definition) is 2. The predicted octanol–water partition coefficient (Wildman–Crippen LogP) is 3.53. The maximum Gasteiger partial charge on any atom is 0.345 e. The Labute approximate surface area is 171 Å². The molecule has 9 heteroatoms. The number of non-ortho nitro benzene ring substituents is 1. The number of carbonyl (C=O) groups excluding carboxylic acids is 2. The van der Waals surface area contributed by atoms with Crippen LogP contribution in [0.2, 0.25) is 0 Å². The summed E-state index contributed by atoms with van der Waals surface area (Å²) in [5, 5.41) is 29.9. The van der Waals surface area contributed by atoms with E-state index in [9.17, 15) is 24.8 Å². The number of benzene rings is 2. The summed E-state index contributed by atoms with van der Waals surface area (Å²) >= 11 is 0. The first-order chi connectivity index (χ1) is 14.3. The van der Waals surface area contributed by atoms with Crippen molar-refractivity contribution in [3.63, 3.8) is 0 Å². The standard InChI is InChI=1S/C21H17N3O6/c1-2-30-21(27)18-19(26)16(12-17(25)13-6-4-3-5-7-13)23(20(18)22)14-8-10-15(11-9-14)24(28)29/h3-12,22,26H,2H2,1H3/b16-12+,22-20?. The van der Waals surface area contributed by atoms with Crippen molar-refractivity contribution >= 4 is 29.0 Å². The predicted molar refractivity (Wildman–Crippen MR) is 108 cm³/mol. The minimum absolute atomic E-state index is 0.0302. The minimum Gasteiger partial charge on any atom is -0.505 e. The van der Waals surface area contributed by atoms with Gasteiger partial charge in [-0.2, -0.15) is 0 Å². The second kappa shape index (κ2) is 8.39. The molecule has 0 radical (unpaired) electrons. The third-order valence-electron chi connectivity index (χ3n) is 4.31. The number of nitro groups is 1. The van der Waals surface area contributed by atoms with E-state index in [0.29, 0.717) is 5.56 Å². The van der Waals surface area contributed by atoms with Crippen molar-refractivity contribution in [3.8, 4) is 0 Å². The average Bonchev–Trinajstić information content (AvgIpc) is 2.98. The number of anilines is 1. The first kappa shape index (κ1) is 20.5. The molecule has 1 aliphatic heterocycles. The summed E-state index contributed by atoms with van der Waals surface area (Å²) in [7, 11) is 0. The Hall–Kier alpha value is -4.27. The number of nitrogens with zero attached hydrogens (tertiary/aromatic N) is 2. The van der Waals surface area contributed by atoms with Crippen LogP contribution in [0.15, 0.2) is 77.7 Å². The number of esters is 1. The van der Waals surface area contributed by atoms with Gasteiger partial charge in [-0.25, -0.2) is 4.79 Å². The number of ether oxygens (including phenoxy) is 1. The molecule has 30 heavy (non-hydrogen) atoms. The van der Waals surface area contributed by atoms with E-state index in [0.717, 1.165) is 11.0 Å². The SMILES string of the molecule is CCOC(=O)C1=C(O)/C(=C\C(=O)c2ccccc2)N(c2ccc([N+](=O)[O-])cc2)C1=N. The van der Waals surface area contributed by atoms with Gasteiger partial charge in [0, 0.05) is 29.5 Å². The average molecular weight is 407 g/mol. The number of carbonyl (C=O) groups is 2. The molecule has 1 heterocycles. The van der Waals surface area contributed by atoms with Crippen LogP contribution in [0.5, 0.6) is 0 Å². The summed E-state index contributed by atoms with van der Waals surface area (Å²) in [6.45, 7) is 1.61. The summed E-state index contributed by atoms with van der Waals surface area (Å²) in [6.07, 6.45) is 1.10. The summed E-state index contributed by atoms with van der Waals surface area (Å²) < 4.78 is 4.91. The molecule has 2 N–H and O–H groups in total. The van der Waals surface area contributed by atoms with Gasteiger partial charge < -0.3 is 9.84 Å². The monoisotopic (exact) mass is 407 g/mol. The number of rotatable bonds is 6. The van der Waals surface area contributed by atoms with E-state index in [1.54, 1.807) is 37.3 Å². The van der Waals surface area contributed by atoms with Crippen molar-refractivity contribution < 1.29 is 24.4 Å². The Bertz CT molecular complexity index is 1090. The number of amidine groups is 1. The van der Waals surface area contributed by atoms with Crippen molar-refractivity contribution in [2.75, 3.05) is 11.5 Å². The molecular weight excluding hydrogens is 390 g/mol. The highest BCUT2D eigenvalue weighted by atomic mass is 16.6. The molecule has 0 fully saturated rings. The van der Waals surface area contributed by atoms with Crippen LogP contribution in [-0.2, 0) is 9.53 Å². The lowest BCUT2D eigenvalue weighted by Crippen LogP contribution is -2.28. The molecule has 2 aromatic rings. The number of nitrogens with one attached hydrogen (secondary N) is 1. The van der Waals surface area contributed by atoms with Gasteiger partial charge in [-0.3, -0.25) is 25.2 Å². The Morgan fingerprint density at radius 3 is 2.37 bits per heavy atom. The van der Waals surface area contributed by atoms with Gasteiger partial charge in [0.25, 0.3) is 5.69 Å². The lowest BCUT2D eigenvalue weighted by atomic mass is 10.1. The largest absolute Gasteiger partial charge is 0.505 e. The highest BCUT2D eigenvalue weighted by Gasteiger charge is 2.38. The normalized spacial score (nSPS) is 14.9. The summed E-state index contributed by atoms with van der Waals surface area (Å²) in [5.74, 6) is -2.36. The number of aliphatic hydroxyl groups excluding tert-OH is 1. The zero-order chi connectivity index (χ0) is 21.8. The molecular formula is C21H17N3O6. The van der Waals surface area contributed by atoms with E-state index in [4.69, 9.17) is 10.1 Å². The summed E-state index contributed by atoms with van der Waals surface area (Å²) in [4.78, 5) is 36.4. The fourth-order valence-electron chi connectivity index (χ4n) is 2.91. The van der Waals surface area contributed by atoms with E-state index in [2.05, 4.69) is 0 Å². The first-order valence-electron chi connectivity index (χ1n) is 8.90. The molecule has 0 unspecified atom stereocenters. The highest BCUT2D eigenvalue weighted by molar-refractivity contribution is 6.28. The molecule has 0 saturated heterocycles. The van der Waals surface area contributed by atoms with Crippen LogP contribution in [0.25, 0.3) is 0 Å². The Kier molecular flexibility index (Phi) is 5.73. The van der Waals surface area contributed by atoms with Gasteiger partial charge in [0.05, 0.1) is 17.2 Å². The van der Waals surface area contributed by atoms with E-state index in [1.807, 2.05) is 0 Å². The first-order valence-corrected chi connectivity index (χ1v) is 8.90. The lowest BCUT2D eigenvalue weighted by molar-refractivity contribution is -0.384. The lowest BCUT2D eigenvalue weighted by Gasteiger charge is -2.20. The van der Waals surface area contributed by atoms with Gasteiger partial charge in [0.15, 0.2) is 11.5 Å². The maximum absolute atomic E-state index is 12.7. The van der Waals surface area contributed by atoms with Crippen molar-refractivity contribution in [1.29, 1.82) is 5.41 Å². The molecule has 1 aliphatic rings. The van der Waals surface area contributed by atoms with E-state index in [-0.39, 0.29) is 23.7 Å². The zero-order valence-corrected chi connectivity index (χ0v) is 15.9. The maximum atomic E-state index is 12.7. The quantitative estimate of drug-likeness (QED) is 0.246. The second-order valence-corrected chi connectivity index (χ2v) is 6.16. The number of nitro benzene ring substituents is 1. The van der Waals surface area contributed by atoms with Gasteiger partial charge in [-0.05, 0) is 19.1 Å². The molecule has 0 bridgehead atoms. The van der Waals surface area contributed by atoms with Gasteiger partial charge in [-0.1, -0.05) is 30.3 Å². The number of ketones is 1. The third kappa shape index (κ3) is 3.81. The van der Waals surface area contributed by atoms with E-state index >= 15 is 0 Å².